The van der Waals surface area contributed by atoms with Gasteiger partial charge in [-0.1, -0.05) is 12.1 Å². The molecule has 5 heteroatoms. The molecule has 0 spiro atoms. The van der Waals surface area contributed by atoms with Gasteiger partial charge in [0.25, 0.3) is 5.91 Å². The van der Waals surface area contributed by atoms with Gasteiger partial charge in [-0.2, -0.15) is 5.10 Å². The zero-order valence-electron chi connectivity index (χ0n) is 12.7. The number of benzene rings is 1. The lowest BCUT2D eigenvalue weighted by atomic mass is 9.99. The minimum Gasteiger partial charge on any atom is -0.322 e. The summed E-state index contributed by atoms with van der Waals surface area (Å²) < 4.78 is 1.74. The van der Waals surface area contributed by atoms with Crippen LogP contribution in [0.25, 0.3) is 0 Å². The molecule has 3 rings (SSSR count). The molecule has 0 aliphatic carbocycles. The summed E-state index contributed by atoms with van der Waals surface area (Å²) in [6.07, 6.45) is 1.00. The lowest BCUT2D eigenvalue weighted by Gasteiger charge is -2.20. The van der Waals surface area contributed by atoms with Crippen molar-refractivity contribution in [3.63, 3.8) is 0 Å². The molecular weight excluding hydrogens is 264 g/mol. The number of nitrogens with zero attached hydrogens (tertiary/aromatic N) is 2. The topological polar surface area (TPSA) is 59.0 Å². The number of nitrogens with one attached hydrogen (secondary N) is 2. The van der Waals surface area contributed by atoms with Gasteiger partial charge in [-0.15, -0.1) is 0 Å². The lowest BCUT2D eigenvalue weighted by molar-refractivity contribution is 0.102. The zero-order valence-corrected chi connectivity index (χ0v) is 12.7. The molecule has 5 nitrogen and oxygen atoms in total. The van der Waals surface area contributed by atoms with Gasteiger partial charge in [-0.05, 0) is 44.0 Å². The summed E-state index contributed by atoms with van der Waals surface area (Å²) in [4.78, 5) is 12.6. The van der Waals surface area contributed by atoms with Crippen LogP contribution in [0, 0.1) is 13.8 Å². The second kappa shape index (κ2) is 5.33. The van der Waals surface area contributed by atoms with Crippen LogP contribution in [0.4, 0.5) is 5.69 Å². The number of anilines is 1. The number of carbonyl (C=O) groups excluding carboxylic acids is 1. The van der Waals surface area contributed by atoms with Crippen molar-refractivity contribution in [2.75, 3.05) is 11.9 Å². The first kappa shape index (κ1) is 13.8. The van der Waals surface area contributed by atoms with E-state index in [0.717, 1.165) is 36.6 Å². The highest BCUT2D eigenvalue weighted by Crippen LogP contribution is 2.24. The molecule has 0 radical (unpaired) electrons. The molecule has 21 heavy (non-hydrogen) atoms. The van der Waals surface area contributed by atoms with Crippen LogP contribution in [0.15, 0.2) is 18.2 Å². The molecule has 0 unspecified atom stereocenters. The molecular formula is C16H20N4O. The van der Waals surface area contributed by atoms with Crippen molar-refractivity contribution in [1.82, 2.24) is 15.1 Å². The summed E-state index contributed by atoms with van der Waals surface area (Å²) in [6.45, 7) is 5.57. The fraction of sp³-hybridized carbons (Fsp3) is 0.375. The average molecular weight is 284 g/mol. The molecule has 2 N–H and O–H groups in total. The number of aryl methyl sites for hydroxylation is 2. The Bertz CT molecular complexity index is 703. The SMILES string of the molecule is Cc1nn(C)c(C)c1C(=O)Nc1cccc2c1CNCC2. The average Bonchev–Trinajstić information content (AvgIpc) is 2.72. The smallest absolute Gasteiger partial charge is 0.259 e. The molecule has 1 amide bonds. The molecule has 1 aliphatic heterocycles. The summed E-state index contributed by atoms with van der Waals surface area (Å²) in [6, 6.07) is 6.10. The Morgan fingerprint density at radius 2 is 2.19 bits per heavy atom. The number of aromatic nitrogens is 2. The van der Waals surface area contributed by atoms with Crippen molar-refractivity contribution >= 4 is 11.6 Å². The molecule has 1 aromatic heterocycles. The number of hydrogen-bond acceptors (Lipinski definition) is 3. The summed E-state index contributed by atoms with van der Waals surface area (Å²) in [5.74, 6) is -0.0860. The van der Waals surface area contributed by atoms with Gasteiger partial charge in [0.15, 0.2) is 0 Å². The van der Waals surface area contributed by atoms with Crippen molar-refractivity contribution in [3.8, 4) is 0 Å². The van der Waals surface area contributed by atoms with E-state index in [0.29, 0.717) is 5.56 Å². The third-order valence-electron chi connectivity index (χ3n) is 4.13. The second-order valence-electron chi connectivity index (χ2n) is 5.49. The van der Waals surface area contributed by atoms with Gasteiger partial charge in [0.1, 0.15) is 0 Å². The van der Waals surface area contributed by atoms with Crippen LogP contribution < -0.4 is 10.6 Å². The second-order valence-corrected chi connectivity index (χ2v) is 5.49. The van der Waals surface area contributed by atoms with E-state index in [1.165, 1.54) is 11.1 Å². The van der Waals surface area contributed by atoms with Gasteiger partial charge < -0.3 is 10.6 Å². The van der Waals surface area contributed by atoms with E-state index in [4.69, 9.17) is 0 Å². The first-order chi connectivity index (χ1) is 10.1. The van der Waals surface area contributed by atoms with Gasteiger partial charge >= 0.3 is 0 Å². The van der Waals surface area contributed by atoms with E-state index >= 15 is 0 Å². The van der Waals surface area contributed by atoms with Gasteiger partial charge in [0, 0.05) is 25.0 Å². The highest BCUT2D eigenvalue weighted by atomic mass is 16.1. The Kier molecular flexibility index (Phi) is 3.51. The van der Waals surface area contributed by atoms with Gasteiger partial charge in [-0.3, -0.25) is 9.48 Å². The third kappa shape index (κ3) is 2.45. The Hall–Kier alpha value is -2.14. The van der Waals surface area contributed by atoms with Crippen LogP contribution in [0.1, 0.15) is 32.9 Å². The van der Waals surface area contributed by atoms with E-state index in [9.17, 15) is 4.79 Å². The maximum atomic E-state index is 12.6. The first-order valence-corrected chi connectivity index (χ1v) is 7.21. The summed E-state index contributed by atoms with van der Waals surface area (Å²) >= 11 is 0. The van der Waals surface area contributed by atoms with Gasteiger partial charge in [-0.25, -0.2) is 0 Å². The van der Waals surface area contributed by atoms with Crippen LogP contribution in [0.5, 0.6) is 0 Å². The normalized spacial score (nSPS) is 13.9. The molecule has 2 heterocycles. The third-order valence-corrected chi connectivity index (χ3v) is 4.13. The fourth-order valence-electron chi connectivity index (χ4n) is 2.92. The fourth-order valence-corrected chi connectivity index (χ4v) is 2.92. The number of carbonyl (C=O) groups is 1. The monoisotopic (exact) mass is 284 g/mol. The first-order valence-electron chi connectivity index (χ1n) is 7.21. The molecule has 0 saturated heterocycles. The van der Waals surface area contributed by atoms with Crippen LogP contribution in [-0.2, 0) is 20.0 Å². The Morgan fingerprint density at radius 3 is 2.90 bits per heavy atom. The van der Waals surface area contributed by atoms with Crippen LogP contribution in [-0.4, -0.2) is 22.2 Å². The predicted octanol–water partition coefficient (Wildman–Crippen LogP) is 1.93. The van der Waals surface area contributed by atoms with Crippen LogP contribution in [0.2, 0.25) is 0 Å². The summed E-state index contributed by atoms with van der Waals surface area (Å²) in [7, 11) is 1.85. The van der Waals surface area contributed by atoms with Crippen LogP contribution in [0.3, 0.4) is 0 Å². The standard InChI is InChI=1S/C16H20N4O/c1-10-15(11(2)20(3)19-10)16(21)18-14-6-4-5-12-7-8-17-9-13(12)14/h4-6,17H,7-9H2,1-3H3,(H,18,21). The Labute approximate surface area is 124 Å². The van der Waals surface area contributed by atoms with E-state index in [1.54, 1.807) is 4.68 Å². The van der Waals surface area contributed by atoms with E-state index in [2.05, 4.69) is 21.8 Å². The van der Waals surface area contributed by atoms with Crippen LogP contribution >= 0.6 is 0 Å². The van der Waals surface area contributed by atoms with Crippen molar-refractivity contribution in [2.24, 2.45) is 7.05 Å². The van der Waals surface area contributed by atoms with Crippen molar-refractivity contribution < 1.29 is 4.79 Å². The maximum Gasteiger partial charge on any atom is 0.259 e. The van der Waals surface area contributed by atoms with E-state index in [-0.39, 0.29) is 5.91 Å². The quantitative estimate of drug-likeness (QED) is 0.886. The summed E-state index contributed by atoms with van der Waals surface area (Å²) in [5.41, 5.74) is 5.71. The zero-order chi connectivity index (χ0) is 15.0. The molecule has 0 saturated carbocycles. The predicted molar refractivity (Wildman–Crippen MR) is 82.5 cm³/mol. The number of fused-ring (bicyclic) bond motifs is 1. The van der Waals surface area contributed by atoms with Crippen molar-refractivity contribution in [3.05, 3.63) is 46.3 Å². The molecule has 0 atom stereocenters. The molecule has 110 valence electrons. The number of hydrogen-bond donors (Lipinski definition) is 2. The van der Waals surface area contributed by atoms with Crippen molar-refractivity contribution in [1.29, 1.82) is 0 Å². The minimum absolute atomic E-state index is 0.0860. The highest BCUT2D eigenvalue weighted by Gasteiger charge is 2.19. The Morgan fingerprint density at radius 1 is 1.38 bits per heavy atom. The van der Waals surface area contributed by atoms with Gasteiger partial charge in [0.05, 0.1) is 11.3 Å². The molecule has 2 aromatic rings. The molecule has 0 fully saturated rings. The number of amides is 1. The molecule has 1 aromatic carbocycles. The van der Waals surface area contributed by atoms with E-state index < -0.39 is 0 Å². The highest BCUT2D eigenvalue weighted by molar-refractivity contribution is 6.06. The summed E-state index contributed by atoms with van der Waals surface area (Å²) in [5, 5.41) is 10.7. The molecule has 0 bridgehead atoms. The van der Waals surface area contributed by atoms with Crippen molar-refractivity contribution in [2.45, 2.75) is 26.8 Å². The maximum absolute atomic E-state index is 12.6. The minimum atomic E-state index is -0.0860. The lowest BCUT2D eigenvalue weighted by Crippen LogP contribution is -2.25. The van der Waals surface area contributed by atoms with E-state index in [1.807, 2.05) is 33.0 Å². The Balaban J connectivity index is 1.92. The largest absolute Gasteiger partial charge is 0.322 e. The number of rotatable bonds is 2. The van der Waals surface area contributed by atoms with Gasteiger partial charge in [0.2, 0.25) is 0 Å². The molecule has 1 aliphatic rings.